The van der Waals surface area contributed by atoms with E-state index in [-0.39, 0.29) is 10.8 Å². The van der Waals surface area contributed by atoms with Crippen molar-refractivity contribution in [1.29, 1.82) is 0 Å². The molecular weight excluding hydrogens is 242 g/mol. The summed E-state index contributed by atoms with van der Waals surface area (Å²) in [6, 6.07) is 8.87. The molecule has 1 saturated carbocycles. The lowest BCUT2D eigenvalue weighted by atomic mass is 10.0. The average molecular weight is 265 g/mol. The van der Waals surface area contributed by atoms with Gasteiger partial charge in [-0.2, -0.15) is 0 Å². The SMILES string of the molecule is CC(N[S@@+]([O-])C(C)(C)C)c1ccc(C2CC2)cc1. The van der Waals surface area contributed by atoms with Crippen molar-refractivity contribution in [3.05, 3.63) is 35.4 Å². The van der Waals surface area contributed by atoms with Crippen molar-refractivity contribution in [3.63, 3.8) is 0 Å². The third-order valence-corrected chi connectivity index (χ3v) is 5.01. The van der Waals surface area contributed by atoms with Crippen molar-refractivity contribution in [1.82, 2.24) is 4.72 Å². The van der Waals surface area contributed by atoms with Gasteiger partial charge in [0.05, 0.1) is 6.04 Å². The third kappa shape index (κ3) is 3.50. The van der Waals surface area contributed by atoms with Crippen molar-refractivity contribution in [2.45, 2.75) is 57.2 Å². The van der Waals surface area contributed by atoms with Gasteiger partial charge in [-0.25, -0.2) is 0 Å². The molecule has 1 aromatic carbocycles. The predicted octanol–water partition coefficient (Wildman–Crippen LogP) is 3.68. The summed E-state index contributed by atoms with van der Waals surface area (Å²) in [6.45, 7) is 8.02. The van der Waals surface area contributed by atoms with Crippen LogP contribution in [0.5, 0.6) is 0 Å². The second-order valence-electron chi connectivity index (χ2n) is 6.16. The molecular formula is C15H23NOS. The summed E-state index contributed by atoms with van der Waals surface area (Å²) in [7, 11) is 0. The maximum atomic E-state index is 12.0. The second kappa shape index (κ2) is 5.24. The highest BCUT2D eigenvalue weighted by atomic mass is 32.2. The standard InChI is InChI=1S/C15H23NOS/c1-11(16-18(17)15(2,3)4)12-5-7-13(8-6-12)14-9-10-14/h5-8,11,14,16H,9-10H2,1-4H3/t11?,18-/m0/s1. The fraction of sp³-hybridized carbons (Fsp3) is 0.600. The van der Waals surface area contributed by atoms with E-state index < -0.39 is 11.4 Å². The zero-order chi connectivity index (χ0) is 13.3. The summed E-state index contributed by atoms with van der Waals surface area (Å²) in [6.07, 6.45) is 2.67. The van der Waals surface area contributed by atoms with Crippen LogP contribution >= 0.6 is 0 Å². The molecule has 18 heavy (non-hydrogen) atoms. The highest BCUT2D eigenvalue weighted by molar-refractivity contribution is 7.90. The first-order chi connectivity index (χ1) is 8.38. The topological polar surface area (TPSA) is 35.1 Å². The molecule has 0 bridgehead atoms. The van der Waals surface area contributed by atoms with Crippen LogP contribution in [0, 0.1) is 0 Å². The van der Waals surface area contributed by atoms with Gasteiger partial charge in [0.25, 0.3) is 0 Å². The number of nitrogens with one attached hydrogen (secondary N) is 1. The first-order valence-electron chi connectivity index (χ1n) is 6.66. The van der Waals surface area contributed by atoms with Crippen LogP contribution in [0.1, 0.15) is 63.6 Å². The van der Waals surface area contributed by atoms with Crippen LogP contribution in [0.15, 0.2) is 24.3 Å². The summed E-state index contributed by atoms with van der Waals surface area (Å²) in [4.78, 5) is 0. The van der Waals surface area contributed by atoms with Crippen LogP contribution in [-0.4, -0.2) is 9.30 Å². The molecule has 1 fully saturated rings. The Morgan fingerprint density at radius 1 is 1.22 bits per heavy atom. The highest BCUT2D eigenvalue weighted by Crippen LogP contribution is 2.40. The van der Waals surface area contributed by atoms with E-state index in [0.717, 1.165) is 5.92 Å². The van der Waals surface area contributed by atoms with E-state index >= 15 is 0 Å². The van der Waals surface area contributed by atoms with Gasteiger partial charge in [0, 0.05) is 11.4 Å². The van der Waals surface area contributed by atoms with Crippen molar-refractivity contribution in [2.75, 3.05) is 0 Å². The molecule has 1 N–H and O–H groups in total. The molecule has 2 rings (SSSR count). The molecule has 2 nitrogen and oxygen atoms in total. The average Bonchev–Trinajstić information content (AvgIpc) is 3.11. The second-order valence-corrected chi connectivity index (χ2v) is 8.16. The summed E-state index contributed by atoms with van der Waals surface area (Å²) in [5.41, 5.74) is 2.65. The first-order valence-corrected chi connectivity index (χ1v) is 7.81. The summed E-state index contributed by atoms with van der Waals surface area (Å²) >= 11 is -1.02. The molecule has 100 valence electrons. The Labute approximate surface area is 113 Å². The zero-order valence-corrected chi connectivity index (χ0v) is 12.5. The number of rotatable bonds is 4. The molecule has 1 aromatic rings. The van der Waals surface area contributed by atoms with Crippen molar-refractivity contribution in [3.8, 4) is 0 Å². The Balaban J connectivity index is 1.97. The highest BCUT2D eigenvalue weighted by Gasteiger charge is 2.28. The fourth-order valence-electron chi connectivity index (χ4n) is 1.88. The van der Waals surface area contributed by atoms with Crippen LogP contribution in [0.3, 0.4) is 0 Å². The van der Waals surface area contributed by atoms with Gasteiger partial charge in [-0.05, 0) is 57.6 Å². The van der Waals surface area contributed by atoms with Gasteiger partial charge in [-0.3, -0.25) is 0 Å². The largest absolute Gasteiger partial charge is 0.598 e. The Morgan fingerprint density at radius 2 is 1.78 bits per heavy atom. The lowest BCUT2D eigenvalue weighted by Gasteiger charge is -2.26. The van der Waals surface area contributed by atoms with Gasteiger partial charge in [-0.15, -0.1) is 4.72 Å². The Bertz CT molecular complexity index is 392. The molecule has 3 heteroatoms. The summed E-state index contributed by atoms with van der Waals surface area (Å²) in [5.74, 6) is 0.797. The minimum atomic E-state index is -1.02. The van der Waals surface area contributed by atoms with E-state index in [4.69, 9.17) is 0 Å². The van der Waals surface area contributed by atoms with Gasteiger partial charge in [0.15, 0.2) is 0 Å². The van der Waals surface area contributed by atoms with Gasteiger partial charge in [-0.1, -0.05) is 24.3 Å². The minimum Gasteiger partial charge on any atom is -0.598 e. The monoisotopic (exact) mass is 265 g/mol. The molecule has 0 aliphatic heterocycles. The molecule has 1 aliphatic carbocycles. The van der Waals surface area contributed by atoms with E-state index in [2.05, 4.69) is 35.9 Å². The zero-order valence-electron chi connectivity index (χ0n) is 11.7. The van der Waals surface area contributed by atoms with Crippen LogP contribution in [-0.2, 0) is 11.4 Å². The van der Waals surface area contributed by atoms with E-state index in [9.17, 15) is 4.55 Å². The van der Waals surface area contributed by atoms with Gasteiger partial charge >= 0.3 is 0 Å². The van der Waals surface area contributed by atoms with Crippen LogP contribution in [0.2, 0.25) is 0 Å². The molecule has 0 radical (unpaired) electrons. The number of hydrogen-bond donors (Lipinski definition) is 1. The number of benzene rings is 1. The molecule has 0 heterocycles. The molecule has 1 unspecified atom stereocenters. The van der Waals surface area contributed by atoms with E-state index in [0.29, 0.717) is 0 Å². The van der Waals surface area contributed by atoms with E-state index in [1.165, 1.54) is 24.0 Å². The van der Waals surface area contributed by atoms with Gasteiger partial charge in [0.1, 0.15) is 4.75 Å². The lowest BCUT2D eigenvalue weighted by Crippen LogP contribution is -2.40. The first kappa shape index (κ1) is 13.9. The van der Waals surface area contributed by atoms with Gasteiger partial charge in [0.2, 0.25) is 0 Å². The predicted molar refractivity (Wildman–Crippen MR) is 77.9 cm³/mol. The van der Waals surface area contributed by atoms with Crippen LogP contribution in [0.25, 0.3) is 0 Å². The van der Waals surface area contributed by atoms with Gasteiger partial charge < -0.3 is 4.55 Å². The molecule has 0 spiro atoms. The number of hydrogen-bond acceptors (Lipinski definition) is 2. The smallest absolute Gasteiger partial charge is 0.136 e. The third-order valence-electron chi connectivity index (χ3n) is 3.33. The normalized spacial score (nSPS) is 19.6. The Morgan fingerprint density at radius 3 is 2.22 bits per heavy atom. The van der Waals surface area contributed by atoms with Crippen molar-refractivity contribution < 1.29 is 4.55 Å². The molecule has 2 atom stereocenters. The molecule has 0 amide bonds. The van der Waals surface area contributed by atoms with Crippen LogP contribution < -0.4 is 4.72 Å². The lowest BCUT2D eigenvalue weighted by molar-refractivity contribution is 0.531. The fourth-order valence-corrected chi connectivity index (χ4v) is 2.69. The summed E-state index contributed by atoms with van der Waals surface area (Å²) in [5, 5.41) is 0. The molecule has 0 saturated heterocycles. The van der Waals surface area contributed by atoms with Crippen molar-refractivity contribution in [2.24, 2.45) is 0 Å². The Kier molecular flexibility index (Phi) is 4.05. The van der Waals surface area contributed by atoms with Crippen LogP contribution in [0.4, 0.5) is 0 Å². The quantitative estimate of drug-likeness (QED) is 0.843. The minimum absolute atomic E-state index is 0.123. The maximum absolute atomic E-state index is 12.0. The van der Waals surface area contributed by atoms with Crippen molar-refractivity contribution >= 4 is 11.4 Å². The van der Waals surface area contributed by atoms with E-state index in [1.807, 2.05) is 20.8 Å². The molecule has 1 aliphatic rings. The molecule has 0 aromatic heterocycles. The summed E-state index contributed by atoms with van der Waals surface area (Å²) < 4.78 is 15.0. The maximum Gasteiger partial charge on any atom is 0.136 e. The Hall–Kier alpha value is -0.510. The van der Waals surface area contributed by atoms with E-state index in [1.54, 1.807) is 0 Å².